The fourth-order valence-electron chi connectivity index (χ4n) is 2.97. The van der Waals surface area contributed by atoms with Crippen molar-refractivity contribution in [1.82, 2.24) is 0 Å². The molecular formula is C16H21FO2. The number of rotatable bonds is 6. The average Bonchev–Trinajstić information content (AvgIpc) is 2.34. The molecule has 0 radical (unpaired) electrons. The van der Waals surface area contributed by atoms with Gasteiger partial charge in [-0.1, -0.05) is 37.6 Å². The van der Waals surface area contributed by atoms with Crippen molar-refractivity contribution in [3.8, 4) is 0 Å². The minimum absolute atomic E-state index is 0.0295. The first-order valence-electron chi connectivity index (χ1n) is 7.01. The van der Waals surface area contributed by atoms with Crippen LogP contribution in [0.5, 0.6) is 0 Å². The van der Waals surface area contributed by atoms with E-state index >= 15 is 0 Å². The molecule has 0 unspecified atom stereocenters. The van der Waals surface area contributed by atoms with Crippen molar-refractivity contribution in [2.75, 3.05) is 0 Å². The van der Waals surface area contributed by atoms with Crippen molar-refractivity contribution in [3.05, 3.63) is 35.4 Å². The Morgan fingerprint density at radius 1 is 1.37 bits per heavy atom. The van der Waals surface area contributed by atoms with Crippen LogP contribution in [0.25, 0.3) is 0 Å². The number of aryl methyl sites for hydroxylation is 1. The molecule has 0 spiro atoms. The highest BCUT2D eigenvalue weighted by atomic mass is 19.1. The first-order valence-corrected chi connectivity index (χ1v) is 7.01. The number of hydrogen-bond acceptors (Lipinski definition) is 1. The van der Waals surface area contributed by atoms with Crippen LogP contribution in [-0.4, -0.2) is 17.2 Å². The van der Waals surface area contributed by atoms with Gasteiger partial charge in [-0.2, -0.15) is 0 Å². The van der Waals surface area contributed by atoms with E-state index in [2.05, 4.69) is 19.1 Å². The number of unbranched alkanes of at least 4 members (excludes halogenated alkanes) is 1. The summed E-state index contributed by atoms with van der Waals surface area (Å²) in [6.07, 6.45) is 3.23. The van der Waals surface area contributed by atoms with Gasteiger partial charge in [0, 0.05) is 5.41 Å². The van der Waals surface area contributed by atoms with E-state index in [4.69, 9.17) is 5.11 Å². The Kier molecular flexibility index (Phi) is 4.23. The second-order valence-electron chi connectivity index (χ2n) is 5.66. The van der Waals surface area contributed by atoms with Crippen LogP contribution in [-0.2, 0) is 16.6 Å². The van der Waals surface area contributed by atoms with Crippen molar-refractivity contribution >= 4 is 5.97 Å². The van der Waals surface area contributed by atoms with Gasteiger partial charge in [0.2, 0.25) is 0 Å². The molecule has 1 aliphatic rings. The van der Waals surface area contributed by atoms with Crippen molar-refractivity contribution in [2.45, 2.75) is 57.0 Å². The van der Waals surface area contributed by atoms with Gasteiger partial charge in [-0.25, -0.2) is 4.39 Å². The molecule has 3 heteroatoms. The number of halogens is 1. The number of carboxylic acids is 1. The topological polar surface area (TPSA) is 37.3 Å². The summed E-state index contributed by atoms with van der Waals surface area (Å²) in [5.74, 6) is -0.845. The van der Waals surface area contributed by atoms with Crippen LogP contribution >= 0.6 is 0 Å². The van der Waals surface area contributed by atoms with E-state index in [-0.39, 0.29) is 6.42 Å². The highest BCUT2D eigenvalue weighted by Gasteiger charge is 2.47. The molecule has 0 aliphatic heterocycles. The molecule has 0 saturated heterocycles. The third-order valence-electron chi connectivity index (χ3n) is 4.10. The van der Waals surface area contributed by atoms with Gasteiger partial charge in [-0.15, -0.1) is 0 Å². The summed E-state index contributed by atoms with van der Waals surface area (Å²) < 4.78 is 13.2. The first-order chi connectivity index (χ1) is 9.05. The molecule has 2 rings (SSSR count). The van der Waals surface area contributed by atoms with Gasteiger partial charge in [0.15, 0.2) is 0 Å². The summed E-state index contributed by atoms with van der Waals surface area (Å²) in [4.78, 5) is 11.0. The molecule has 1 aliphatic carbocycles. The number of aliphatic carboxylic acids is 1. The smallest absolute Gasteiger partial charge is 0.304 e. The molecule has 0 amide bonds. The van der Waals surface area contributed by atoms with Crippen molar-refractivity contribution in [2.24, 2.45) is 0 Å². The van der Waals surface area contributed by atoms with Crippen LogP contribution in [0.1, 0.15) is 50.2 Å². The Morgan fingerprint density at radius 2 is 2.00 bits per heavy atom. The van der Waals surface area contributed by atoms with Gasteiger partial charge in [-0.05, 0) is 36.8 Å². The zero-order valence-corrected chi connectivity index (χ0v) is 11.4. The zero-order valence-electron chi connectivity index (χ0n) is 11.4. The maximum Gasteiger partial charge on any atom is 0.304 e. The molecule has 1 aromatic carbocycles. The van der Waals surface area contributed by atoms with E-state index in [9.17, 15) is 9.18 Å². The normalized spacial score (nSPS) is 25.9. The minimum Gasteiger partial charge on any atom is -0.481 e. The highest BCUT2D eigenvalue weighted by Crippen LogP contribution is 2.48. The van der Waals surface area contributed by atoms with Crippen LogP contribution in [0.2, 0.25) is 0 Å². The fourth-order valence-corrected chi connectivity index (χ4v) is 2.97. The summed E-state index contributed by atoms with van der Waals surface area (Å²) in [7, 11) is 0. The molecule has 1 saturated carbocycles. The van der Waals surface area contributed by atoms with Crippen LogP contribution in [0.3, 0.4) is 0 Å². The summed E-state index contributed by atoms with van der Waals surface area (Å²) in [5.41, 5.74) is 1.77. The monoisotopic (exact) mass is 264 g/mol. The molecule has 2 nitrogen and oxygen atoms in total. The predicted molar refractivity (Wildman–Crippen MR) is 73.1 cm³/mol. The number of benzene rings is 1. The minimum atomic E-state index is -0.848. The van der Waals surface area contributed by atoms with Gasteiger partial charge in [0.25, 0.3) is 0 Å². The SMILES string of the molecule is CCCCc1ccc(C2(CC(=O)O)CC(F)C2)cc1. The maximum absolute atomic E-state index is 13.2. The van der Waals surface area contributed by atoms with E-state index in [1.165, 1.54) is 5.56 Å². The Morgan fingerprint density at radius 3 is 2.47 bits per heavy atom. The Hall–Kier alpha value is -1.38. The molecule has 0 atom stereocenters. The lowest BCUT2D eigenvalue weighted by Gasteiger charge is -2.44. The average molecular weight is 264 g/mol. The van der Waals surface area contributed by atoms with Crippen molar-refractivity contribution in [1.29, 1.82) is 0 Å². The zero-order chi connectivity index (χ0) is 13.9. The van der Waals surface area contributed by atoms with Gasteiger partial charge < -0.3 is 5.11 Å². The molecule has 0 bridgehead atoms. The molecular weight excluding hydrogens is 243 g/mol. The Labute approximate surface area is 113 Å². The van der Waals surface area contributed by atoms with Gasteiger partial charge in [0.1, 0.15) is 6.17 Å². The number of carbonyl (C=O) groups is 1. The summed E-state index contributed by atoms with van der Waals surface area (Å²) >= 11 is 0. The standard InChI is InChI=1S/C16H21FO2/c1-2-3-4-12-5-7-13(8-6-12)16(11-15(18)19)9-14(17)10-16/h5-8,14H,2-4,9-11H2,1H3,(H,18,19). The predicted octanol–water partition coefficient (Wildman–Crippen LogP) is 3.87. The first kappa shape index (κ1) is 14.0. The van der Waals surface area contributed by atoms with E-state index in [1.54, 1.807) is 0 Å². The molecule has 0 aromatic heterocycles. The van der Waals surface area contributed by atoms with Crippen LogP contribution in [0.15, 0.2) is 24.3 Å². The lowest BCUT2D eigenvalue weighted by molar-refractivity contribution is -0.140. The van der Waals surface area contributed by atoms with Crippen molar-refractivity contribution < 1.29 is 14.3 Å². The Balaban J connectivity index is 2.12. The third-order valence-corrected chi connectivity index (χ3v) is 4.10. The summed E-state index contributed by atoms with van der Waals surface area (Å²) in [6.45, 7) is 2.16. The van der Waals surface area contributed by atoms with Gasteiger partial charge in [0.05, 0.1) is 6.42 Å². The summed E-state index contributed by atoms with van der Waals surface area (Å²) in [6, 6.07) is 8.08. The maximum atomic E-state index is 13.2. The molecule has 0 heterocycles. The van der Waals surface area contributed by atoms with E-state index in [0.29, 0.717) is 12.8 Å². The largest absolute Gasteiger partial charge is 0.481 e. The summed E-state index contributed by atoms with van der Waals surface area (Å²) in [5, 5.41) is 9.01. The van der Waals surface area contributed by atoms with Gasteiger partial charge >= 0.3 is 5.97 Å². The Bertz CT molecular complexity index is 433. The van der Waals surface area contributed by atoms with E-state index in [0.717, 1.165) is 24.8 Å². The van der Waals surface area contributed by atoms with Gasteiger partial charge in [-0.3, -0.25) is 4.79 Å². The number of alkyl halides is 1. The fraction of sp³-hybridized carbons (Fsp3) is 0.562. The van der Waals surface area contributed by atoms with Crippen LogP contribution < -0.4 is 0 Å². The van der Waals surface area contributed by atoms with E-state index < -0.39 is 17.6 Å². The number of carboxylic acid groups (broad SMARTS) is 1. The lowest BCUT2D eigenvalue weighted by atomic mass is 9.61. The van der Waals surface area contributed by atoms with Crippen molar-refractivity contribution in [3.63, 3.8) is 0 Å². The lowest BCUT2D eigenvalue weighted by Crippen LogP contribution is -2.44. The quantitative estimate of drug-likeness (QED) is 0.846. The van der Waals surface area contributed by atoms with E-state index in [1.807, 2.05) is 12.1 Å². The second-order valence-corrected chi connectivity index (χ2v) is 5.66. The molecule has 104 valence electrons. The van der Waals surface area contributed by atoms with Crippen LogP contribution in [0.4, 0.5) is 4.39 Å². The molecule has 1 N–H and O–H groups in total. The third kappa shape index (κ3) is 3.14. The number of hydrogen-bond donors (Lipinski definition) is 1. The molecule has 1 aromatic rings. The molecule has 1 fully saturated rings. The molecule has 19 heavy (non-hydrogen) atoms. The van der Waals surface area contributed by atoms with Crippen LogP contribution in [0, 0.1) is 0 Å². The second kappa shape index (κ2) is 5.72. The highest BCUT2D eigenvalue weighted by molar-refractivity contribution is 5.69.